The van der Waals surface area contributed by atoms with Crippen LogP contribution in [0, 0.1) is 0 Å². The fourth-order valence-corrected chi connectivity index (χ4v) is 10.6. The van der Waals surface area contributed by atoms with Crippen LogP contribution in [0.4, 0.5) is 0 Å². The van der Waals surface area contributed by atoms with E-state index in [1.54, 1.807) is 0 Å². The van der Waals surface area contributed by atoms with Crippen molar-refractivity contribution in [3.63, 3.8) is 0 Å². The Hall–Kier alpha value is -8.34. The normalized spacial score (nSPS) is 12.9. The Morgan fingerprint density at radius 1 is 0.354 bits per heavy atom. The summed E-state index contributed by atoms with van der Waals surface area (Å²) in [5.41, 5.74) is 18.2. The molecule has 13 rings (SSSR count). The Morgan fingerprint density at radius 2 is 0.892 bits per heavy atom. The molecule has 0 amide bonds. The quantitative estimate of drug-likeness (QED) is 0.167. The number of hydrogen-bond donors (Lipinski definition) is 0. The first kappa shape index (κ1) is 37.2. The molecule has 0 bridgehead atoms. The highest BCUT2D eigenvalue weighted by molar-refractivity contribution is 6.23. The van der Waals surface area contributed by atoms with Gasteiger partial charge >= 0.3 is 0 Å². The van der Waals surface area contributed by atoms with Crippen LogP contribution in [0.1, 0.15) is 25.0 Å². The second-order valence-electron chi connectivity index (χ2n) is 17.8. The molecule has 0 unspecified atom stereocenters. The molecule has 0 aliphatic heterocycles. The first-order chi connectivity index (χ1) is 32.0. The fourth-order valence-electron chi connectivity index (χ4n) is 10.6. The molecule has 0 saturated heterocycles. The van der Waals surface area contributed by atoms with E-state index in [0.717, 1.165) is 56.0 Å². The highest BCUT2D eigenvalue weighted by Crippen LogP contribution is 2.50. The van der Waals surface area contributed by atoms with Gasteiger partial charge < -0.3 is 4.57 Å². The molecule has 0 radical (unpaired) electrons. The topological polar surface area (TPSA) is 35.6 Å². The van der Waals surface area contributed by atoms with Crippen LogP contribution < -0.4 is 0 Å². The maximum Gasteiger partial charge on any atom is 0.162 e. The smallest absolute Gasteiger partial charge is 0.162 e. The van der Waals surface area contributed by atoms with Crippen LogP contribution in [0.2, 0.25) is 0 Å². The molecule has 0 spiro atoms. The first-order valence-corrected chi connectivity index (χ1v) is 22.4. The van der Waals surface area contributed by atoms with E-state index in [-0.39, 0.29) is 5.41 Å². The average Bonchev–Trinajstić information content (AvgIpc) is 3.97. The van der Waals surface area contributed by atoms with Crippen molar-refractivity contribution in [2.45, 2.75) is 19.3 Å². The molecule has 1 aliphatic carbocycles. The Bertz CT molecular complexity index is 3840. The van der Waals surface area contributed by atoms with Gasteiger partial charge in [-0.15, -0.1) is 0 Å². The molecule has 1 aliphatic rings. The summed E-state index contributed by atoms with van der Waals surface area (Å²) in [6.45, 7) is 4.65. The van der Waals surface area contributed by atoms with Gasteiger partial charge in [-0.05, 0) is 74.8 Å². The van der Waals surface area contributed by atoms with Gasteiger partial charge in [0.05, 0.1) is 27.8 Å². The minimum atomic E-state index is -0.105. The molecular weight excluding hydrogens is 789 g/mol. The predicted molar refractivity (Wildman–Crippen MR) is 270 cm³/mol. The van der Waals surface area contributed by atoms with Gasteiger partial charge in [0.1, 0.15) is 5.82 Å². The van der Waals surface area contributed by atoms with E-state index in [9.17, 15) is 0 Å². The lowest BCUT2D eigenvalue weighted by Crippen LogP contribution is -2.14. The van der Waals surface area contributed by atoms with Crippen LogP contribution in [0.3, 0.4) is 0 Å². The standard InChI is InChI=1S/C61H42N4/c1-61(2)52-25-12-9-22-46(52)51-37-44(32-35-53(51)61)60-62-54(42-30-28-41(29-31-42)39-16-5-3-6-17-39)38-57(63-60)65-56-27-14-11-24-48(56)50-34-33-49-47-23-10-13-26-55(47)64(58(49)59(50)65)45-21-15-20-43(36-45)40-18-7-4-8-19-40/h3-38H,1-2H3. The number of nitrogens with zero attached hydrogens (tertiary/aromatic N) is 4. The van der Waals surface area contributed by atoms with Crippen LogP contribution in [0.5, 0.6) is 0 Å². The molecule has 306 valence electrons. The number of hydrogen-bond acceptors (Lipinski definition) is 2. The Balaban J connectivity index is 1.10. The van der Waals surface area contributed by atoms with Gasteiger partial charge in [0.25, 0.3) is 0 Å². The lowest BCUT2D eigenvalue weighted by molar-refractivity contribution is 0.660. The molecule has 0 N–H and O–H groups in total. The van der Waals surface area contributed by atoms with Gasteiger partial charge in [0, 0.05) is 49.8 Å². The zero-order chi connectivity index (χ0) is 43.2. The van der Waals surface area contributed by atoms with E-state index in [2.05, 4.69) is 241 Å². The van der Waals surface area contributed by atoms with Crippen LogP contribution in [0.15, 0.2) is 218 Å². The fraction of sp³-hybridized carbons (Fsp3) is 0.0492. The summed E-state index contributed by atoms with van der Waals surface area (Å²) in [7, 11) is 0. The van der Waals surface area contributed by atoms with Crippen molar-refractivity contribution in [2.24, 2.45) is 0 Å². The zero-order valence-corrected chi connectivity index (χ0v) is 36.1. The summed E-state index contributed by atoms with van der Waals surface area (Å²) >= 11 is 0. The van der Waals surface area contributed by atoms with E-state index in [1.165, 1.54) is 60.5 Å². The van der Waals surface area contributed by atoms with Crippen LogP contribution in [-0.4, -0.2) is 19.1 Å². The highest BCUT2D eigenvalue weighted by atomic mass is 15.1. The van der Waals surface area contributed by atoms with Crippen molar-refractivity contribution in [3.05, 3.63) is 230 Å². The minimum Gasteiger partial charge on any atom is -0.307 e. The third-order valence-corrected chi connectivity index (χ3v) is 13.8. The number of aromatic nitrogens is 4. The summed E-state index contributed by atoms with van der Waals surface area (Å²) in [4.78, 5) is 11.0. The monoisotopic (exact) mass is 830 g/mol. The van der Waals surface area contributed by atoms with Crippen LogP contribution in [-0.2, 0) is 5.41 Å². The molecule has 65 heavy (non-hydrogen) atoms. The van der Waals surface area contributed by atoms with Gasteiger partial charge in [-0.1, -0.05) is 196 Å². The second-order valence-corrected chi connectivity index (χ2v) is 17.8. The number of fused-ring (bicyclic) bond motifs is 10. The zero-order valence-electron chi connectivity index (χ0n) is 36.1. The molecule has 9 aromatic carbocycles. The molecule has 3 heterocycles. The van der Waals surface area contributed by atoms with Crippen molar-refractivity contribution < 1.29 is 0 Å². The summed E-state index contributed by atoms with van der Waals surface area (Å²) in [6, 6.07) is 78.9. The van der Waals surface area contributed by atoms with Crippen LogP contribution in [0.25, 0.3) is 111 Å². The maximum atomic E-state index is 5.61. The summed E-state index contributed by atoms with van der Waals surface area (Å²) in [5.74, 6) is 1.50. The minimum absolute atomic E-state index is 0.105. The molecule has 12 aromatic rings. The largest absolute Gasteiger partial charge is 0.307 e. The van der Waals surface area contributed by atoms with Gasteiger partial charge in [0.2, 0.25) is 0 Å². The lowest BCUT2D eigenvalue weighted by Gasteiger charge is -2.21. The Morgan fingerprint density at radius 3 is 1.62 bits per heavy atom. The van der Waals surface area contributed by atoms with Crippen molar-refractivity contribution in [3.8, 4) is 67.5 Å². The number of rotatable bonds is 6. The van der Waals surface area contributed by atoms with Crippen molar-refractivity contribution >= 4 is 43.6 Å². The Labute approximate surface area is 377 Å². The van der Waals surface area contributed by atoms with Crippen molar-refractivity contribution in [1.29, 1.82) is 0 Å². The SMILES string of the molecule is CC1(C)c2ccccc2-c2cc(-c3nc(-c4ccc(-c5ccccc5)cc4)cc(-n4c5ccccc5c5ccc6c7ccccc7n(-c7cccc(-c8ccccc8)c7)c6c54)n3)ccc21. The summed E-state index contributed by atoms with van der Waals surface area (Å²) < 4.78 is 4.85. The molecule has 4 heteroatoms. The molecule has 3 aromatic heterocycles. The average molecular weight is 831 g/mol. The van der Waals surface area contributed by atoms with Crippen molar-refractivity contribution in [1.82, 2.24) is 19.1 Å². The summed E-state index contributed by atoms with van der Waals surface area (Å²) in [5, 5.41) is 4.73. The Kier molecular flexibility index (Phi) is 8.22. The van der Waals surface area contributed by atoms with Gasteiger partial charge in [-0.2, -0.15) is 0 Å². The first-order valence-electron chi connectivity index (χ1n) is 22.4. The van der Waals surface area contributed by atoms with Gasteiger partial charge in [-0.25, -0.2) is 9.97 Å². The van der Waals surface area contributed by atoms with Gasteiger partial charge in [0.15, 0.2) is 5.82 Å². The molecule has 0 saturated carbocycles. The molecule has 0 fully saturated rings. The predicted octanol–water partition coefficient (Wildman–Crippen LogP) is 15.6. The maximum absolute atomic E-state index is 5.61. The van der Waals surface area contributed by atoms with Crippen LogP contribution >= 0.6 is 0 Å². The third kappa shape index (κ3) is 5.77. The van der Waals surface area contributed by atoms with E-state index in [0.29, 0.717) is 5.82 Å². The number of benzene rings is 9. The van der Waals surface area contributed by atoms with E-state index in [4.69, 9.17) is 9.97 Å². The second kappa shape index (κ2) is 14.3. The molecule has 4 nitrogen and oxygen atoms in total. The van der Waals surface area contributed by atoms with Crippen molar-refractivity contribution in [2.75, 3.05) is 0 Å². The van der Waals surface area contributed by atoms with Gasteiger partial charge in [-0.3, -0.25) is 4.57 Å². The molecule has 0 atom stereocenters. The lowest BCUT2D eigenvalue weighted by atomic mass is 9.82. The third-order valence-electron chi connectivity index (χ3n) is 13.8. The summed E-state index contributed by atoms with van der Waals surface area (Å²) in [6.07, 6.45) is 0. The van der Waals surface area contributed by atoms with E-state index in [1.807, 2.05) is 0 Å². The highest BCUT2D eigenvalue weighted by Gasteiger charge is 2.35. The van der Waals surface area contributed by atoms with E-state index < -0.39 is 0 Å². The van der Waals surface area contributed by atoms with E-state index >= 15 is 0 Å². The molecular formula is C61H42N4. The number of para-hydroxylation sites is 2.